The molecule has 0 aromatic heterocycles. The number of ether oxygens (including phenoxy) is 1. The summed E-state index contributed by atoms with van der Waals surface area (Å²) < 4.78 is 35.4. The van der Waals surface area contributed by atoms with E-state index in [0.29, 0.717) is 6.54 Å². The van der Waals surface area contributed by atoms with Gasteiger partial charge in [-0.15, -0.1) is 0 Å². The Labute approximate surface area is 159 Å². The van der Waals surface area contributed by atoms with E-state index in [-0.39, 0.29) is 34.7 Å². The largest absolute Gasteiger partial charge is 0.379 e. The minimum atomic E-state index is -3.84. The first kappa shape index (κ1) is 19.4. The van der Waals surface area contributed by atoms with Crippen molar-refractivity contribution in [1.82, 2.24) is 5.32 Å². The normalized spacial score (nSPS) is 18.0. The maximum absolute atomic E-state index is 12.3. The van der Waals surface area contributed by atoms with Crippen LogP contribution in [0.4, 0.5) is 0 Å². The van der Waals surface area contributed by atoms with Crippen molar-refractivity contribution < 1.29 is 22.1 Å². The summed E-state index contributed by atoms with van der Waals surface area (Å²) in [6.45, 7) is 4.74. The van der Waals surface area contributed by atoms with Gasteiger partial charge in [0.2, 0.25) is 5.91 Å². The maximum Gasteiger partial charge on any atom is 0.339 e. The highest BCUT2D eigenvalue weighted by molar-refractivity contribution is 7.87. The summed E-state index contributed by atoms with van der Waals surface area (Å²) in [6, 6.07) is 15.0. The first-order valence-electron chi connectivity index (χ1n) is 8.73. The molecule has 2 aromatic carbocycles. The lowest BCUT2D eigenvalue weighted by atomic mass is 9.80. The van der Waals surface area contributed by atoms with Crippen LogP contribution in [0.5, 0.6) is 5.75 Å². The fraction of sp³-hybridized carbons (Fsp3) is 0.350. The highest BCUT2D eigenvalue weighted by Gasteiger charge is 2.33. The Hall–Kier alpha value is -2.38. The van der Waals surface area contributed by atoms with Crippen LogP contribution in [0.1, 0.15) is 19.4 Å². The molecule has 1 heterocycles. The van der Waals surface area contributed by atoms with Crippen molar-refractivity contribution in [3.63, 3.8) is 0 Å². The number of carbonyl (C=O) groups is 1. The van der Waals surface area contributed by atoms with Crippen LogP contribution in [0.2, 0.25) is 0 Å². The molecule has 1 aliphatic rings. The summed E-state index contributed by atoms with van der Waals surface area (Å²) >= 11 is 0. The molecular weight excluding hydrogens is 366 g/mol. The van der Waals surface area contributed by atoms with Crippen LogP contribution in [0.25, 0.3) is 0 Å². The molecule has 0 radical (unpaired) electrons. The average Bonchev–Trinajstić information content (AvgIpc) is 2.64. The Balaban J connectivity index is 1.66. The van der Waals surface area contributed by atoms with Crippen LogP contribution in [0.15, 0.2) is 59.5 Å². The molecule has 144 valence electrons. The first-order valence-corrected chi connectivity index (χ1v) is 10.1. The van der Waals surface area contributed by atoms with E-state index in [1.165, 1.54) is 12.1 Å². The van der Waals surface area contributed by atoms with Crippen LogP contribution < -0.4 is 9.50 Å². The van der Waals surface area contributed by atoms with E-state index in [9.17, 15) is 13.2 Å². The van der Waals surface area contributed by atoms with Crippen molar-refractivity contribution in [3.05, 3.63) is 60.2 Å². The first-order chi connectivity index (χ1) is 12.8. The van der Waals surface area contributed by atoms with E-state index < -0.39 is 10.1 Å². The van der Waals surface area contributed by atoms with Crippen LogP contribution in [-0.4, -0.2) is 33.6 Å². The van der Waals surface area contributed by atoms with Gasteiger partial charge in [-0.1, -0.05) is 44.2 Å². The van der Waals surface area contributed by atoms with Crippen LogP contribution >= 0.6 is 0 Å². The zero-order chi connectivity index (χ0) is 19.5. The van der Waals surface area contributed by atoms with E-state index in [2.05, 4.69) is 19.2 Å². The van der Waals surface area contributed by atoms with Gasteiger partial charge < -0.3 is 14.2 Å². The molecule has 6 nitrogen and oxygen atoms in total. The van der Waals surface area contributed by atoms with Gasteiger partial charge in [0.05, 0.1) is 6.10 Å². The molecule has 27 heavy (non-hydrogen) atoms. The fourth-order valence-electron chi connectivity index (χ4n) is 3.06. The average molecular weight is 389 g/mol. The van der Waals surface area contributed by atoms with Gasteiger partial charge in [0.1, 0.15) is 17.3 Å². The van der Waals surface area contributed by atoms with Crippen molar-refractivity contribution in [2.45, 2.75) is 31.3 Å². The van der Waals surface area contributed by atoms with Crippen molar-refractivity contribution >= 4 is 16.0 Å². The number of morpholine rings is 1. The fourth-order valence-corrected chi connectivity index (χ4v) is 4.01. The van der Waals surface area contributed by atoms with Gasteiger partial charge in [0.15, 0.2) is 0 Å². The Morgan fingerprint density at radius 1 is 1.11 bits per heavy atom. The van der Waals surface area contributed by atoms with Gasteiger partial charge in [0, 0.05) is 6.54 Å². The molecule has 1 N–H and O–H groups in total. The van der Waals surface area contributed by atoms with Gasteiger partial charge >= 0.3 is 10.1 Å². The molecular formula is C20H23NO5S. The molecule has 1 fully saturated rings. The van der Waals surface area contributed by atoms with E-state index >= 15 is 0 Å². The van der Waals surface area contributed by atoms with E-state index in [0.717, 1.165) is 12.0 Å². The second-order valence-electron chi connectivity index (χ2n) is 7.26. The SMILES string of the molecule is CC(C)(Cc1ccc(OS(=O)(=O)c2ccccc2)cc1)C1CNC(=O)CO1. The standard InChI is InChI=1S/C20H23NO5S/c1-20(2,18-13-21-19(22)14-25-18)12-15-8-10-16(11-9-15)26-27(23,24)17-6-4-3-5-7-17/h3-11,18H,12-14H2,1-2H3,(H,21,22). The predicted octanol–water partition coefficient (Wildman–Crippen LogP) is 2.54. The van der Waals surface area contributed by atoms with Crippen LogP contribution in [0.3, 0.4) is 0 Å². The van der Waals surface area contributed by atoms with Crippen molar-refractivity contribution in [3.8, 4) is 5.75 Å². The van der Waals surface area contributed by atoms with Crippen LogP contribution in [0, 0.1) is 5.41 Å². The smallest absolute Gasteiger partial charge is 0.339 e. The zero-order valence-corrected chi connectivity index (χ0v) is 16.2. The lowest BCUT2D eigenvalue weighted by Crippen LogP contribution is -2.50. The van der Waals surface area contributed by atoms with Gasteiger partial charge in [-0.25, -0.2) is 0 Å². The number of carbonyl (C=O) groups excluding carboxylic acids is 1. The lowest BCUT2D eigenvalue weighted by molar-refractivity contribution is -0.138. The quantitative estimate of drug-likeness (QED) is 0.768. The number of nitrogens with one attached hydrogen (secondary N) is 1. The van der Waals surface area contributed by atoms with Crippen molar-refractivity contribution in [1.29, 1.82) is 0 Å². The van der Waals surface area contributed by atoms with E-state index in [1.54, 1.807) is 30.3 Å². The number of hydrogen-bond donors (Lipinski definition) is 1. The molecule has 1 atom stereocenters. The minimum absolute atomic E-state index is 0.0791. The van der Waals surface area contributed by atoms with Crippen LogP contribution in [-0.2, 0) is 26.1 Å². The molecule has 1 amide bonds. The van der Waals surface area contributed by atoms with Gasteiger partial charge in [-0.05, 0) is 41.7 Å². The second kappa shape index (κ2) is 7.70. The molecule has 0 bridgehead atoms. The Morgan fingerprint density at radius 3 is 2.37 bits per heavy atom. The lowest BCUT2D eigenvalue weighted by Gasteiger charge is -2.36. The highest BCUT2D eigenvalue weighted by Crippen LogP contribution is 2.30. The molecule has 0 spiro atoms. The molecule has 3 rings (SSSR count). The predicted molar refractivity (Wildman–Crippen MR) is 101 cm³/mol. The van der Waals surface area contributed by atoms with Crippen molar-refractivity contribution in [2.75, 3.05) is 13.2 Å². The van der Waals surface area contributed by atoms with Crippen molar-refractivity contribution in [2.24, 2.45) is 5.41 Å². The van der Waals surface area contributed by atoms with E-state index in [1.807, 2.05) is 12.1 Å². The zero-order valence-electron chi connectivity index (χ0n) is 15.3. The third-order valence-electron chi connectivity index (χ3n) is 4.59. The number of rotatable bonds is 6. The number of benzene rings is 2. The second-order valence-corrected chi connectivity index (χ2v) is 8.81. The third kappa shape index (κ3) is 4.87. The van der Waals surface area contributed by atoms with Gasteiger partial charge in [-0.2, -0.15) is 8.42 Å². The summed E-state index contributed by atoms with van der Waals surface area (Å²) in [7, 11) is -3.84. The van der Waals surface area contributed by atoms with E-state index in [4.69, 9.17) is 8.92 Å². The molecule has 1 unspecified atom stereocenters. The van der Waals surface area contributed by atoms with Gasteiger partial charge in [-0.3, -0.25) is 4.79 Å². The number of amides is 1. The molecule has 0 aliphatic carbocycles. The topological polar surface area (TPSA) is 81.7 Å². The third-order valence-corrected chi connectivity index (χ3v) is 5.85. The molecule has 1 saturated heterocycles. The molecule has 2 aromatic rings. The Bertz CT molecular complexity index is 882. The molecule has 1 aliphatic heterocycles. The Morgan fingerprint density at radius 2 is 1.78 bits per heavy atom. The summed E-state index contributed by atoms with van der Waals surface area (Å²) in [6.07, 6.45) is 0.642. The summed E-state index contributed by atoms with van der Waals surface area (Å²) in [5.74, 6) is 0.171. The highest BCUT2D eigenvalue weighted by atomic mass is 32.2. The monoisotopic (exact) mass is 389 g/mol. The summed E-state index contributed by atoms with van der Waals surface area (Å²) in [5, 5.41) is 2.82. The number of hydrogen-bond acceptors (Lipinski definition) is 5. The Kier molecular flexibility index (Phi) is 5.53. The van der Waals surface area contributed by atoms with Gasteiger partial charge in [0.25, 0.3) is 0 Å². The minimum Gasteiger partial charge on any atom is -0.379 e. The summed E-state index contributed by atoms with van der Waals surface area (Å²) in [4.78, 5) is 11.4. The molecule has 0 saturated carbocycles. The maximum atomic E-state index is 12.3. The summed E-state index contributed by atoms with van der Waals surface area (Å²) in [5.41, 5.74) is 0.844. The molecule has 7 heteroatoms.